The average molecular weight is 272 g/mol. The van der Waals surface area contributed by atoms with E-state index in [1.54, 1.807) is 6.92 Å². The third-order valence-electron chi connectivity index (χ3n) is 2.17. The summed E-state index contributed by atoms with van der Waals surface area (Å²) in [7, 11) is 2.70. The highest BCUT2D eigenvalue weighted by atomic mass is 16.6. The molecule has 0 saturated carbocycles. The monoisotopic (exact) mass is 272 g/mol. The van der Waals surface area contributed by atoms with Crippen LogP contribution < -0.4 is 5.73 Å². The van der Waals surface area contributed by atoms with Crippen LogP contribution in [0.15, 0.2) is 0 Å². The number of methoxy groups -OCH3 is 2. The first-order valence-electron chi connectivity index (χ1n) is 5.45. The lowest BCUT2D eigenvalue weighted by atomic mass is 10.4. The molecule has 1 heterocycles. The molecule has 0 fully saturated rings. The van der Waals surface area contributed by atoms with Gasteiger partial charge in [0.25, 0.3) is 0 Å². The van der Waals surface area contributed by atoms with Crippen LogP contribution in [0.1, 0.15) is 17.4 Å². The number of ether oxygens (including phenoxy) is 3. The van der Waals surface area contributed by atoms with E-state index in [4.69, 9.17) is 15.2 Å². The van der Waals surface area contributed by atoms with E-state index in [9.17, 15) is 9.59 Å². The fourth-order valence-corrected chi connectivity index (χ4v) is 1.33. The molecule has 0 aliphatic rings. The van der Waals surface area contributed by atoms with E-state index in [1.165, 1.54) is 14.2 Å². The maximum Gasteiger partial charge on any atom is 0.362 e. The molecule has 106 valence electrons. The summed E-state index contributed by atoms with van der Waals surface area (Å²) in [6.45, 7) is 1.72. The Morgan fingerprint density at radius 1 is 1.42 bits per heavy atom. The lowest BCUT2D eigenvalue weighted by Gasteiger charge is -2.12. The molecule has 1 rings (SSSR count). The normalized spacial score (nSPS) is 11.9. The van der Waals surface area contributed by atoms with E-state index in [1.807, 2.05) is 0 Å². The standard InChI is InChI=1S/C10H16N4O5/c1-6(5-17-2)19-7(15)4-14-9(11)8(12-13-14)10(16)18-3/h6H,4-5,11H2,1-3H3. The Morgan fingerprint density at radius 3 is 2.68 bits per heavy atom. The molecule has 0 aliphatic carbocycles. The van der Waals surface area contributed by atoms with E-state index in [0.29, 0.717) is 0 Å². The number of carbonyl (C=O) groups is 2. The highest BCUT2D eigenvalue weighted by Crippen LogP contribution is 2.09. The molecule has 1 aromatic rings. The second kappa shape index (κ2) is 6.69. The van der Waals surface area contributed by atoms with Crippen LogP contribution in [0, 0.1) is 0 Å². The van der Waals surface area contributed by atoms with Gasteiger partial charge < -0.3 is 19.9 Å². The third kappa shape index (κ3) is 3.91. The molecule has 0 bridgehead atoms. The summed E-state index contributed by atoms with van der Waals surface area (Å²) in [6, 6.07) is 0. The Balaban J connectivity index is 2.65. The second-order valence-corrected chi connectivity index (χ2v) is 3.73. The van der Waals surface area contributed by atoms with Gasteiger partial charge in [0.15, 0.2) is 5.82 Å². The Hall–Kier alpha value is -2.16. The van der Waals surface area contributed by atoms with Crippen LogP contribution in [0.4, 0.5) is 5.82 Å². The van der Waals surface area contributed by atoms with Crippen molar-refractivity contribution in [3.05, 3.63) is 5.69 Å². The van der Waals surface area contributed by atoms with Crippen molar-refractivity contribution in [3.63, 3.8) is 0 Å². The minimum atomic E-state index is -0.718. The van der Waals surface area contributed by atoms with Crippen LogP contribution in [0.25, 0.3) is 0 Å². The van der Waals surface area contributed by atoms with Gasteiger partial charge in [0.1, 0.15) is 12.6 Å². The van der Waals surface area contributed by atoms with Gasteiger partial charge in [0.05, 0.1) is 13.7 Å². The van der Waals surface area contributed by atoms with Crippen molar-refractivity contribution in [2.45, 2.75) is 19.6 Å². The second-order valence-electron chi connectivity index (χ2n) is 3.73. The fourth-order valence-electron chi connectivity index (χ4n) is 1.33. The van der Waals surface area contributed by atoms with Gasteiger partial charge in [-0.25, -0.2) is 9.48 Å². The molecule has 0 amide bonds. The van der Waals surface area contributed by atoms with Gasteiger partial charge in [-0.05, 0) is 6.92 Å². The SMILES string of the molecule is COCC(C)OC(=O)Cn1nnc(C(=O)OC)c1N. The smallest absolute Gasteiger partial charge is 0.362 e. The minimum Gasteiger partial charge on any atom is -0.464 e. The first-order valence-corrected chi connectivity index (χ1v) is 5.45. The van der Waals surface area contributed by atoms with Crippen molar-refractivity contribution < 1.29 is 23.8 Å². The van der Waals surface area contributed by atoms with Crippen molar-refractivity contribution in [2.24, 2.45) is 0 Å². The number of esters is 2. The molecular formula is C10H16N4O5. The molecule has 1 unspecified atom stereocenters. The molecule has 9 nitrogen and oxygen atoms in total. The molecule has 1 aromatic heterocycles. The van der Waals surface area contributed by atoms with Gasteiger partial charge in [-0.2, -0.15) is 0 Å². The molecule has 19 heavy (non-hydrogen) atoms. The summed E-state index contributed by atoms with van der Waals surface area (Å²) in [5.41, 5.74) is 5.48. The Bertz CT molecular complexity index is 459. The quantitative estimate of drug-likeness (QED) is 0.670. The van der Waals surface area contributed by atoms with Crippen molar-refractivity contribution in [1.29, 1.82) is 0 Å². The topological polar surface area (TPSA) is 119 Å². The molecule has 0 spiro atoms. The first kappa shape index (κ1) is 14.9. The fraction of sp³-hybridized carbons (Fsp3) is 0.600. The van der Waals surface area contributed by atoms with Crippen LogP contribution in [-0.2, 0) is 25.5 Å². The summed E-state index contributed by atoms with van der Waals surface area (Å²) in [6.07, 6.45) is -0.387. The third-order valence-corrected chi connectivity index (χ3v) is 2.17. The number of nitrogens with two attached hydrogens (primary N) is 1. The number of carbonyl (C=O) groups excluding carboxylic acids is 2. The van der Waals surface area contributed by atoms with Crippen molar-refractivity contribution in [1.82, 2.24) is 15.0 Å². The summed E-state index contributed by atoms with van der Waals surface area (Å²) in [5, 5.41) is 7.12. The van der Waals surface area contributed by atoms with Crippen molar-refractivity contribution in [3.8, 4) is 0 Å². The number of nitrogens with zero attached hydrogens (tertiary/aromatic N) is 3. The predicted octanol–water partition coefficient (Wildman–Crippen LogP) is -0.775. The van der Waals surface area contributed by atoms with Gasteiger partial charge in [-0.1, -0.05) is 5.21 Å². The average Bonchev–Trinajstić information content (AvgIpc) is 2.70. The number of aromatic nitrogens is 3. The zero-order valence-corrected chi connectivity index (χ0v) is 11.0. The van der Waals surface area contributed by atoms with E-state index >= 15 is 0 Å². The summed E-state index contributed by atoms with van der Waals surface area (Å²) in [4.78, 5) is 22.8. The zero-order valence-electron chi connectivity index (χ0n) is 11.0. The van der Waals surface area contributed by atoms with E-state index in [-0.39, 0.29) is 30.8 Å². The Labute approximate surface area is 109 Å². The lowest BCUT2D eigenvalue weighted by Crippen LogP contribution is -2.24. The number of nitrogen functional groups attached to an aromatic ring is 1. The summed E-state index contributed by atoms with van der Waals surface area (Å²) >= 11 is 0. The Morgan fingerprint density at radius 2 is 2.11 bits per heavy atom. The van der Waals surface area contributed by atoms with Crippen molar-refractivity contribution in [2.75, 3.05) is 26.6 Å². The highest BCUT2D eigenvalue weighted by Gasteiger charge is 2.20. The molecule has 0 radical (unpaired) electrons. The minimum absolute atomic E-state index is 0.0526. The molecule has 0 aromatic carbocycles. The van der Waals surface area contributed by atoms with E-state index < -0.39 is 11.9 Å². The van der Waals surface area contributed by atoms with E-state index in [0.717, 1.165) is 4.68 Å². The van der Waals surface area contributed by atoms with Crippen molar-refractivity contribution >= 4 is 17.8 Å². The van der Waals surface area contributed by atoms with E-state index in [2.05, 4.69) is 15.0 Å². The Kier molecular flexibility index (Phi) is 5.24. The number of hydrogen-bond donors (Lipinski definition) is 1. The van der Waals surface area contributed by atoms with Gasteiger partial charge >= 0.3 is 11.9 Å². The predicted molar refractivity (Wildman–Crippen MR) is 63.2 cm³/mol. The molecule has 0 saturated heterocycles. The summed E-state index contributed by atoms with van der Waals surface area (Å²) in [5.74, 6) is -1.33. The van der Waals surface area contributed by atoms with Crippen LogP contribution in [0.3, 0.4) is 0 Å². The first-order chi connectivity index (χ1) is 8.99. The van der Waals surface area contributed by atoms with Gasteiger partial charge in [0.2, 0.25) is 5.69 Å². The molecule has 9 heteroatoms. The van der Waals surface area contributed by atoms with Crippen LogP contribution in [0.5, 0.6) is 0 Å². The zero-order chi connectivity index (χ0) is 14.4. The van der Waals surface area contributed by atoms with Gasteiger partial charge in [0, 0.05) is 7.11 Å². The summed E-state index contributed by atoms with van der Waals surface area (Å²) < 4.78 is 15.4. The van der Waals surface area contributed by atoms with Crippen LogP contribution in [-0.4, -0.2) is 53.9 Å². The maximum atomic E-state index is 11.6. The highest BCUT2D eigenvalue weighted by molar-refractivity contribution is 5.91. The van der Waals surface area contributed by atoms with Crippen LogP contribution in [0.2, 0.25) is 0 Å². The van der Waals surface area contributed by atoms with Crippen LogP contribution >= 0.6 is 0 Å². The molecular weight excluding hydrogens is 256 g/mol. The van der Waals surface area contributed by atoms with Gasteiger partial charge in [-0.3, -0.25) is 4.79 Å². The molecule has 0 aliphatic heterocycles. The number of anilines is 1. The maximum absolute atomic E-state index is 11.6. The van der Waals surface area contributed by atoms with Gasteiger partial charge in [-0.15, -0.1) is 5.10 Å². The largest absolute Gasteiger partial charge is 0.464 e. The number of rotatable bonds is 6. The lowest BCUT2D eigenvalue weighted by molar-refractivity contribution is -0.151. The molecule has 2 N–H and O–H groups in total. The molecule has 1 atom stereocenters. The number of hydrogen-bond acceptors (Lipinski definition) is 8.